The number of nitrogens with zero attached hydrogens (tertiary/aromatic N) is 1. The number of anilines is 1. The lowest BCUT2D eigenvalue weighted by Crippen LogP contribution is -2.13. The van der Waals surface area contributed by atoms with Gasteiger partial charge in [0.2, 0.25) is 0 Å². The molecule has 0 aliphatic carbocycles. The molecule has 3 aromatic carbocycles. The molecule has 3 rings (SSSR count). The van der Waals surface area contributed by atoms with Crippen molar-refractivity contribution in [3.63, 3.8) is 0 Å². The Morgan fingerprint density at radius 3 is 2.61 bits per heavy atom. The molecular formula is C26H19Cl2FN2O2. The Balaban J connectivity index is 1.80. The maximum atomic E-state index is 13.1. The zero-order chi connectivity index (χ0) is 23.8. The number of amides is 1. The van der Waals surface area contributed by atoms with Crippen LogP contribution < -0.4 is 10.1 Å². The van der Waals surface area contributed by atoms with Crippen LogP contribution in [0.25, 0.3) is 6.08 Å². The molecule has 7 heteroatoms. The van der Waals surface area contributed by atoms with Gasteiger partial charge in [-0.2, -0.15) is 5.26 Å². The van der Waals surface area contributed by atoms with Crippen LogP contribution in [-0.2, 0) is 17.8 Å². The van der Waals surface area contributed by atoms with E-state index >= 15 is 0 Å². The Bertz CT molecular complexity index is 1250. The second kappa shape index (κ2) is 11.3. The van der Waals surface area contributed by atoms with Crippen molar-refractivity contribution in [3.05, 3.63) is 111 Å². The Morgan fingerprint density at radius 2 is 1.91 bits per heavy atom. The van der Waals surface area contributed by atoms with E-state index in [1.165, 1.54) is 18.2 Å². The average Bonchev–Trinajstić information content (AvgIpc) is 2.81. The van der Waals surface area contributed by atoms with Gasteiger partial charge in [-0.1, -0.05) is 53.5 Å². The van der Waals surface area contributed by atoms with Gasteiger partial charge in [0, 0.05) is 0 Å². The van der Waals surface area contributed by atoms with Crippen molar-refractivity contribution >= 4 is 40.9 Å². The molecule has 0 radical (unpaired) electrons. The van der Waals surface area contributed by atoms with Crippen molar-refractivity contribution in [2.75, 3.05) is 5.32 Å². The first-order chi connectivity index (χ1) is 15.9. The number of benzene rings is 3. The topological polar surface area (TPSA) is 62.1 Å². The number of nitriles is 1. The molecule has 1 N–H and O–H groups in total. The molecule has 0 spiro atoms. The fraction of sp³-hybridized carbons (Fsp3) is 0.0769. The zero-order valence-electron chi connectivity index (χ0n) is 17.4. The number of halogens is 3. The number of hydrogen-bond donors (Lipinski definition) is 1. The molecule has 0 bridgehead atoms. The summed E-state index contributed by atoms with van der Waals surface area (Å²) < 4.78 is 19.0. The van der Waals surface area contributed by atoms with Crippen molar-refractivity contribution in [3.8, 4) is 11.8 Å². The van der Waals surface area contributed by atoms with E-state index in [0.717, 1.165) is 11.1 Å². The van der Waals surface area contributed by atoms with Crippen molar-refractivity contribution in [1.29, 1.82) is 5.26 Å². The van der Waals surface area contributed by atoms with Crippen molar-refractivity contribution in [2.24, 2.45) is 0 Å². The lowest BCUT2D eigenvalue weighted by molar-refractivity contribution is -0.112. The molecule has 1 amide bonds. The second-order valence-corrected chi connectivity index (χ2v) is 7.79. The molecule has 166 valence electrons. The molecule has 0 saturated heterocycles. The lowest BCUT2D eigenvalue weighted by Gasteiger charge is -2.12. The lowest BCUT2D eigenvalue weighted by atomic mass is 10.0. The smallest absolute Gasteiger partial charge is 0.266 e. The highest BCUT2D eigenvalue weighted by molar-refractivity contribution is 6.44. The van der Waals surface area contributed by atoms with Gasteiger partial charge in [-0.15, -0.1) is 6.58 Å². The Morgan fingerprint density at radius 1 is 1.15 bits per heavy atom. The minimum absolute atomic E-state index is 0.101. The van der Waals surface area contributed by atoms with E-state index in [-0.39, 0.29) is 23.0 Å². The van der Waals surface area contributed by atoms with Crippen LogP contribution in [0.4, 0.5) is 10.1 Å². The Labute approximate surface area is 201 Å². The van der Waals surface area contributed by atoms with Crippen LogP contribution in [0, 0.1) is 17.1 Å². The zero-order valence-corrected chi connectivity index (χ0v) is 19.0. The third-order valence-corrected chi connectivity index (χ3v) is 5.45. The SMILES string of the molecule is C=CCc1cc(/C=C(/C#N)C(=O)Nc2cccc(Cl)c2Cl)ccc1OCc1ccc(F)cc1. The molecule has 0 fully saturated rings. The second-order valence-electron chi connectivity index (χ2n) is 7.00. The molecule has 33 heavy (non-hydrogen) atoms. The fourth-order valence-corrected chi connectivity index (χ4v) is 3.34. The molecule has 4 nitrogen and oxygen atoms in total. The maximum absolute atomic E-state index is 13.1. The highest BCUT2D eigenvalue weighted by atomic mass is 35.5. The fourth-order valence-electron chi connectivity index (χ4n) is 2.99. The van der Waals surface area contributed by atoms with Gasteiger partial charge in [0.25, 0.3) is 5.91 Å². The molecule has 0 saturated carbocycles. The Hall–Kier alpha value is -3.59. The summed E-state index contributed by atoms with van der Waals surface area (Å²) in [7, 11) is 0. The van der Waals surface area contributed by atoms with Crippen LogP contribution in [0.15, 0.2) is 78.9 Å². The van der Waals surface area contributed by atoms with E-state index in [1.54, 1.807) is 48.5 Å². The number of allylic oxidation sites excluding steroid dienone is 1. The Kier molecular flexibility index (Phi) is 8.26. The number of ether oxygens (including phenoxy) is 1. The number of carbonyl (C=O) groups is 1. The van der Waals surface area contributed by atoms with Crippen LogP contribution >= 0.6 is 23.2 Å². The third-order valence-electron chi connectivity index (χ3n) is 4.63. The molecule has 0 atom stereocenters. The minimum atomic E-state index is -0.608. The van der Waals surface area contributed by atoms with Gasteiger partial charge < -0.3 is 10.1 Å². The van der Waals surface area contributed by atoms with Crippen LogP contribution in [-0.4, -0.2) is 5.91 Å². The van der Waals surface area contributed by atoms with Crippen LogP contribution in [0.2, 0.25) is 10.0 Å². The quantitative estimate of drug-likeness (QED) is 0.214. The third kappa shape index (κ3) is 6.45. The largest absolute Gasteiger partial charge is 0.489 e. The van der Waals surface area contributed by atoms with Crippen molar-refractivity contribution in [1.82, 2.24) is 0 Å². The molecule has 0 aliphatic heterocycles. The summed E-state index contributed by atoms with van der Waals surface area (Å²) in [6, 6.07) is 18.1. The first-order valence-corrected chi connectivity index (χ1v) is 10.6. The van der Waals surface area contributed by atoms with Gasteiger partial charge in [-0.25, -0.2) is 4.39 Å². The molecule has 0 aliphatic rings. The van der Waals surface area contributed by atoms with Gasteiger partial charge in [0.1, 0.15) is 29.8 Å². The van der Waals surface area contributed by atoms with E-state index in [1.807, 2.05) is 12.1 Å². The first kappa shape index (κ1) is 24.1. The van der Waals surface area contributed by atoms with Gasteiger partial charge in [-0.3, -0.25) is 4.79 Å². The number of carbonyl (C=O) groups excluding carboxylic acids is 1. The first-order valence-electron chi connectivity index (χ1n) is 9.89. The predicted molar refractivity (Wildman–Crippen MR) is 130 cm³/mol. The van der Waals surface area contributed by atoms with Crippen LogP contribution in [0.5, 0.6) is 5.75 Å². The molecule has 0 aromatic heterocycles. The van der Waals surface area contributed by atoms with Gasteiger partial charge in [0.05, 0.1) is 15.7 Å². The summed E-state index contributed by atoms with van der Waals surface area (Å²) in [5, 5.41) is 12.6. The van der Waals surface area contributed by atoms with Crippen LogP contribution in [0.1, 0.15) is 16.7 Å². The number of nitrogens with one attached hydrogen (secondary N) is 1. The van der Waals surface area contributed by atoms with Gasteiger partial charge in [0.15, 0.2) is 0 Å². The number of rotatable bonds is 8. The average molecular weight is 481 g/mol. The highest BCUT2D eigenvalue weighted by Gasteiger charge is 2.13. The molecule has 3 aromatic rings. The van der Waals surface area contributed by atoms with E-state index in [0.29, 0.717) is 28.4 Å². The van der Waals surface area contributed by atoms with Gasteiger partial charge in [-0.05, 0) is 65.6 Å². The highest BCUT2D eigenvalue weighted by Crippen LogP contribution is 2.30. The van der Waals surface area contributed by atoms with Crippen molar-refractivity contribution in [2.45, 2.75) is 13.0 Å². The van der Waals surface area contributed by atoms with E-state index in [4.69, 9.17) is 27.9 Å². The summed E-state index contributed by atoms with van der Waals surface area (Å²) in [5.41, 5.74) is 2.51. The maximum Gasteiger partial charge on any atom is 0.266 e. The normalized spacial score (nSPS) is 10.9. The molecule has 0 unspecified atom stereocenters. The van der Waals surface area contributed by atoms with E-state index < -0.39 is 5.91 Å². The van der Waals surface area contributed by atoms with E-state index in [2.05, 4.69) is 11.9 Å². The summed E-state index contributed by atoms with van der Waals surface area (Å²) in [4.78, 5) is 12.6. The summed E-state index contributed by atoms with van der Waals surface area (Å²) in [6.07, 6.45) is 3.73. The standard InChI is InChI=1S/C26H19Cl2FN2O2/c1-2-4-19-13-18(9-12-24(19)33-16-17-7-10-21(29)11-8-17)14-20(15-30)26(32)31-23-6-3-5-22(27)25(23)28/h2-3,5-14H,1,4,16H2,(H,31,32)/b20-14-. The van der Waals surface area contributed by atoms with E-state index in [9.17, 15) is 14.4 Å². The number of hydrogen-bond acceptors (Lipinski definition) is 3. The predicted octanol–water partition coefficient (Wildman–Crippen LogP) is 6.99. The summed E-state index contributed by atoms with van der Waals surface area (Å²) in [5.74, 6) is -0.286. The molecule has 0 heterocycles. The summed E-state index contributed by atoms with van der Waals surface area (Å²) >= 11 is 12.1. The van der Waals surface area contributed by atoms with Gasteiger partial charge >= 0.3 is 0 Å². The minimum Gasteiger partial charge on any atom is -0.489 e. The van der Waals surface area contributed by atoms with Crippen LogP contribution in [0.3, 0.4) is 0 Å². The monoisotopic (exact) mass is 480 g/mol. The molecular weight excluding hydrogens is 462 g/mol. The van der Waals surface area contributed by atoms with Crippen molar-refractivity contribution < 1.29 is 13.9 Å². The summed E-state index contributed by atoms with van der Waals surface area (Å²) in [6.45, 7) is 4.04.